The molecule has 1 atom stereocenters. The number of hydrogen-bond donors (Lipinski definition) is 0. The number of carbonyl (C=O) groups is 1. The van der Waals surface area contributed by atoms with Gasteiger partial charge >= 0.3 is 0 Å². The molecule has 136 valence electrons. The Balaban J connectivity index is 1.53. The molecule has 1 aliphatic carbocycles. The summed E-state index contributed by atoms with van der Waals surface area (Å²) in [6, 6.07) is 6.88. The van der Waals surface area contributed by atoms with Gasteiger partial charge < -0.3 is 9.80 Å². The summed E-state index contributed by atoms with van der Waals surface area (Å²) in [6.07, 6.45) is 1.41. The largest absolute Gasteiger partial charge is 0.366 e. The molecule has 0 N–H and O–H groups in total. The molecule has 0 saturated carbocycles. The van der Waals surface area contributed by atoms with Gasteiger partial charge in [0.1, 0.15) is 5.82 Å². The average Bonchev–Trinajstić information content (AvgIpc) is 2.61. The Labute approximate surface area is 152 Å². The second-order valence-electron chi connectivity index (χ2n) is 7.29. The van der Waals surface area contributed by atoms with Crippen molar-refractivity contribution in [2.45, 2.75) is 26.7 Å². The van der Waals surface area contributed by atoms with Crippen LogP contribution >= 0.6 is 0 Å². The Morgan fingerprint density at radius 3 is 2.46 bits per heavy atom. The van der Waals surface area contributed by atoms with Crippen LogP contribution in [-0.4, -0.2) is 41.9 Å². The summed E-state index contributed by atoms with van der Waals surface area (Å²) in [5.41, 5.74) is 3.03. The van der Waals surface area contributed by atoms with E-state index in [0.717, 1.165) is 49.6 Å². The summed E-state index contributed by atoms with van der Waals surface area (Å²) < 4.78 is 14.0. The number of fused-ring (bicyclic) bond motifs is 1. The Morgan fingerprint density at radius 2 is 1.73 bits per heavy atom. The zero-order chi connectivity index (χ0) is 18.3. The standard InChI is InChI=1S/C20H23FN4O/c1-13-11-16-19(18(26)12-13)14(2)22-20(23-16)25-9-7-24(8-10-25)17-6-4-3-5-15(17)21/h3-6,13H,7-12H2,1-2H3/t13-/m0/s1. The number of hydrogen-bond acceptors (Lipinski definition) is 5. The normalized spacial score (nSPS) is 20.3. The first-order valence-electron chi connectivity index (χ1n) is 9.18. The van der Waals surface area contributed by atoms with Crippen LogP contribution in [0.25, 0.3) is 0 Å². The molecular formula is C20H23FN4O. The molecule has 0 bridgehead atoms. The predicted molar refractivity (Wildman–Crippen MR) is 99.4 cm³/mol. The van der Waals surface area contributed by atoms with Crippen molar-refractivity contribution in [2.75, 3.05) is 36.0 Å². The number of nitrogens with zero attached hydrogens (tertiary/aromatic N) is 4. The van der Waals surface area contributed by atoms with Crippen LogP contribution in [-0.2, 0) is 6.42 Å². The molecule has 1 aromatic heterocycles. The molecule has 1 aromatic carbocycles. The molecule has 0 amide bonds. The molecule has 1 fully saturated rings. The minimum atomic E-state index is -0.186. The summed E-state index contributed by atoms with van der Waals surface area (Å²) >= 11 is 0. The lowest BCUT2D eigenvalue weighted by molar-refractivity contribution is 0.0951. The third-order valence-electron chi connectivity index (χ3n) is 5.26. The Kier molecular flexibility index (Phi) is 4.34. The van der Waals surface area contributed by atoms with Crippen molar-refractivity contribution in [2.24, 2.45) is 5.92 Å². The SMILES string of the molecule is Cc1nc(N2CCN(c3ccccc3F)CC2)nc2c1C(=O)C[C@@H](C)C2. The number of aryl methyl sites for hydroxylation is 1. The van der Waals surface area contributed by atoms with Crippen molar-refractivity contribution in [1.29, 1.82) is 0 Å². The van der Waals surface area contributed by atoms with Crippen LogP contribution in [0.5, 0.6) is 0 Å². The van der Waals surface area contributed by atoms with Gasteiger partial charge in [-0.15, -0.1) is 0 Å². The monoisotopic (exact) mass is 354 g/mol. The van der Waals surface area contributed by atoms with Crippen LogP contribution in [0.3, 0.4) is 0 Å². The fourth-order valence-electron chi connectivity index (χ4n) is 3.94. The van der Waals surface area contributed by atoms with Gasteiger partial charge in [-0.1, -0.05) is 19.1 Å². The van der Waals surface area contributed by atoms with Gasteiger partial charge in [0.15, 0.2) is 5.78 Å². The molecule has 6 heteroatoms. The van der Waals surface area contributed by atoms with Gasteiger partial charge in [-0.3, -0.25) is 4.79 Å². The predicted octanol–water partition coefficient (Wildman–Crippen LogP) is 3.02. The van der Waals surface area contributed by atoms with E-state index in [0.29, 0.717) is 24.0 Å². The van der Waals surface area contributed by atoms with E-state index in [4.69, 9.17) is 4.98 Å². The lowest BCUT2D eigenvalue weighted by Crippen LogP contribution is -2.47. The highest BCUT2D eigenvalue weighted by atomic mass is 19.1. The second kappa shape index (κ2) is 6.67. The number of para-hydroxylation sites is 1. The molecule has 2 aliphatic rings. The molecule has 0 spiro atoms. The highest BCUT2D eigenvalue weighted by Gasteiger charge is 2.28. The van der Waals surface area contributed by atoms with Crippen LogP contribution in [0.1, 0.15) is 35.1 Å². The van der Waals surface area contributed by atoms with E-state index < -0.39 is 0 Å². The first-order valence-corrected chi connectivity index (χ1v) is 9.18. The first kappa shape index (κ1) is 16.9. The Morgan fingerprint density at radius 1 is 1.04 bits per heavy atom. The molecule has 1 saturated heterocycles. The number of benzene rings is 1. The zero-order valence-corrected chi connectivity index (χ0v) is 15.2. The molecule has 2 heterocycles. The Bertz CT molecular complexity index is 846. The van der Waals surface area contributed by atoms with Crippen molar-refractivity contribution < 1.29 is 9.18 Å². The van der Waals surface area contributed by atoms with Crippen molar-refractivity contribution >= 4 is 17.4 Å². The van der Waals surface area contributed by atoms with Crippen molar-refractivity contribution in [3.05, 3.63) is 47.0 Å². The van der Waals surface area contributed by atoms with Crippen molar-refractivity contribution in [1.82, 2.24) is 9.97 Å². The molecular weight excluding hydrogens is 331 g/mol. The first-order chi connectivity index (χ1) is 12.5. The lowest BCUT2D eigenvalue weighted by Gasteiger charge is -2.36. The summed E-state index contributed by atoms with van der Waals surface area (Å²) in [6.45, 7) is 6.89. The summed E-state index contributed by atoms with van der Waals surface area (Å²) in [5.74, 6) is 0.993. The average molecular weight is 354 g/mol. The fourth-order valence-corrected chi connectivity index (χ4v) is 3.94. The fraction of sp³-hybridized carbons (Fsp3) is 0.450. The maximum absolute atomic E-state index is 14.0. The van der Waals surface area contributed by atoms with Gasteiger partial charge in [-0.05, 0) is 31.4 Å². The molecule has 2 aromatic rings. The number of ketones is 1. The van der Waals surface area contributed by atoms with Crippen LogP contribution in [0.15, 0.2) is 24.3 Å². The number of aromatic nitrogens is 2. The van der Waals surface area contributed by atoms with Gasteiger partial charge in [-0.2, -0.15) is 0 Å². The number of piperazine rings is 1. The summed E-state index contributed by atoms with van der Waals surface area (Å²) in [7, 11) is 0. The van der Waals surface area contributed by atoms with Gasteiger partial charge in [0.25, 0.3) is 0 Å². The number of carbonyl (C=O) groups excluding carboxylic acids is 1. The summed E-state index contributed by atoms with van der Waals surface area (Å²) in [5, 5.41) is 0. The van der Waals surface area contributed by atoms with E-state index in [1.807, 2.05) is 19.1 Å². The number of rotatable bonds is 2. The van der Waals surface area contributed by atoms with Gasteiger partial charge in [-0.25, -0.2) is 14.4 Å². The minimum absolute atomic E-state index is 0.159. The van der Waals surface area contributed by atoms with E-state index in [2.05, 4.69) is 21.7 Å². The lowest BCUT2D eigenvalue weighted by atomic mass is 9.86. The smallest absolute Gasteiger partial charge is 0.225 e. The van der Waals surface area contributed by atoms with Crippen LogP contribution in [0.4, 0.5) is 16.0 Å². The maximum atomic E-state index is 14.0. The van der Waals surface area contributed by atoms with E-state index in [1.54, 1.807) is 6.07 Å². The topological polar surface area (TPSA) is 49.3 Å². The molecule has 1 aliphatic heterocycles. The van der Waals surface area contributed by atoms with E-state index in [-0.39, 0.29) is 11.6 Å². The molecule has 0 unspecified atom stereocenters. The van der Waals surface area contributed by atoms with Gasteiger partial charge in [0, 0.05) is 32.6 Å². The van der Waals surface area contributed by atoms with Crippen LogP contribution in [0, 0.1) is 18.7 Å². The third kappa shape index (κ3) is 3.04. The number of Topliss-reactive ketones (excluding diaryl/α,β-unsaturated/α-hetero) is 1. The van der Waals surface area contributed by atoms with Crippen molar-refractivity contribution in [3.63, 3.8) is 0 Å². The zero-order valence-electron chi connectivity index (χ0n) is 15.2. The molecule has 26 heavy (non-hydrogen) atoms. The molecule has 4 rings (SSSR count). The van der Waals surface area contributed by atoms with Gasteiger partial charge in [0.2, 0.25) is 5.95 Å². The van der Waals surface area contributed by atoms with E-state index in [9.17, 15) is 9.18 Å². The van der Waals surface area contributed by atoms with E-state index in [1.165, 1.54) is 6.07 Å². The second-order valence-corrected chi connectivity index (χ2v) is 7.29. The minimum Gasteiger partial charge on any atom is -0.366 e. The molecule has 5 nitrogen and oxygen atoms in total. The number of halogens is 1. The third-order valence-corrected chi connectivity index (χ3v) is 5.26. The van der Waals surface area contributed by atoms with Gasteiger partial charge in [0.05, 0.1) is 22.6 Å². The highest BCUT2D eigenvalue weighted by molar-refractivity contribution is 5.99. The molecule has 0 radical (unpaired) electrons. The quantitative estimate of drug-likeness (QED) is 0.830. The van der Waals surface area contributed by atoms with Crippen molar-refractivity contribution in [3.8, 4) is 0 Å². The highest BCUT2D eigenvalue weighted by Crippen LogP contribution is 2.28. The van der Waals surface area contributed by atoms with E-state index >= 15 is 0 Å². The maximum Gasteiger partial charge on any atom is 0.225 e. The summed E-state index contributed by atoms with van der Waals surface area (Å²) in [4.78, 5) is 25.8. The van der Waals surface area contributed by atoms with Crippen LogP contribution in [0.2, 0.25) is 0 Å². The van der Waals surface area contributed by atoms with Crippen LogP contribution < -0.4 is 9.80 Å². The number of anilines is 2. The Hall–Kier alpha value is -2.50.